The van der Waals surface area contributed by atoms with E-state index in [0.29, 0.717) is 27.9 Å². The lowest BCUT2D eigenvalue weighted by molar-refractivity contribution is -0.118. The summed E-state index contributed by atoms with van der Waals surface area (Å²) in [7, 11) is 0. The number of carbonyl (C=O) groups is 1. The molecule has 0 fully saturated rings. The Morgan fingerprint density at radius 3 is 2.63 bits per heavy atom. The third-order valence-electron chi connectivity index (χ3n) is 6.66. The molecule has 7 nitrogen and oxygen atoms in total. The molecule has 0 bridgehead atoms. The predicted molar refractivity (Wildman–Crippen MR) is 166 cm³/mol. The van der Waals surface area contributed by atoms with Gasteiger partial charge in [0.25, 0.3) is 11.5 Å². The Morgan fingerprint density at radius 2 is 1.85 bits per heavy atom. The molecule has 1 N–H and O–H groups in total. The number of nitrogens with zero attached hydrogens (tertiary/aromatic N) is 3. The van der Waals surface area contributed by atoms with Gasteiger partial charge in [0.15, 0.2) is 5.16 Å². The first kappa shape index (κ1) is 27.3. The van der Waals surface area contributed by atoms with Gasteiger partial charge >= 0.3 is 0 Å². The average Bonchev–Trinajstić information content (AvgIpc) is 3.58. The first-order valence-corrected chi connectivity index (χ1v) is 15.3. The summed E-state index contributed by atoms with van der Waals surface area (Å²) in [5.74, 6) is 0.485. The second-order valence-electron chi connectivity index (χ2n) is 9.47. The van der Waals surface area contributed by atoms with Gasteiger partial charge in [-0.1, -0.05) is 53.7 Å². The minimum Gasteiger partial charge on any atom is -0.489 e. The van der Waals surface area contributed by atoms with Crippen molar-refractivity contribution in [2.24, 2.45) is 5.10 Å². The summed E-state index contributed by atoms with van der Waals surface area (Å²) in [6.07, 6.45) is 4.50. The summed E-state index contributed by atoms with van der Waals surface area (Å²) in [6.45, 7) is 0.491. The normalized spacial score (nSPS) is 12.6. The fourth-order valence-corrected chi connectivity index (χ4v) is 6.91. The number of fused-ring (bicyclic) bond motifs is 3. The van der Waals surface area contributed by atoms with Gasteiger partial charge in [-0.05, 0) is 84.5 Å². The summed E-state index contributed by atoms with van der Waals surface area (Å²) in [6, 6.07) is 24.5. The number of thioether (sulfide) groups is 1. The highest BCUT2D eigenvalue weighted by Gasteiger charge is 2.24. The van der Waals surface area contributed by atoms with Crippen LogP contribution in [0.15, 0.2) is 93.9 Å². The predicted octanol–water partition coefficient (Wildman–Crippen LogP) is 6.41. The van der Waals surface area contributed by atoms with Crippen LogP contribution in [0.2, 0.25) is 5.02 Å². The number of aryl methyl sites for hydroxylation is 2. The Labute approximate surface area is 249 Å². The Hall–Kier alpha value is -3.92. The fraction of sp³-hybridized carbons (Fsp3) is 0.161. The van der Waals surface area contributed by atoms with Crippen LogP contribution in [0.1, 0.15) is 28.0 Å². The Kier molecular flexibility index (Phi) is 8.18. The van der Waals surface area contributed by atoms with Crippen molar-refractivity contribution >= 4 is 57.0 Å². The molecule has 0 spiro atoms. The number of amides is 1. The SMILES string of the molecule is O=C(CSc1nc2sc3c(c2c(=O)n1-c1ccc(Cl)cc1)CCC3)NN=Cc1ccc(OCc2ccccc2)cc1. The molecule has 5 aromatic rings. The maximum atomic E-state index is 13.7. The van der Waals surface area contributed by atoms with E-state index in [9.17, 15) is 9.59 Å². The highest BCUT2D eigenvalue weighted by molar-refractivity contribution is 7.99. The zero-order valence-corrected chi connectivity index (χ0v) is 24.3. The molecular weight excluding hydrogens is 576 g/mol. The second-order valence-corrected chi connectivity index (χ2v) is 11.9. The Balaban J connectivity index is 1.12. The van der Waals surface area contributed by atoms with E-state index in [4.69, 9.17) is 21.3 Å². The van der Waals surface area contributed by atoms with Crippen LogP contribution < -0.4 is 15.7 Å². The van der Waals surface area contributed by atoms with Gasteiger partial charge in [-0.3, -0.25) is 14.2 Å². The van der Waals surface area contributed by atoms with Gasteiger partial charge in [0.1, 0.15) is 17.2 Å². The van der Waals surface area contributed by atoms with E-state index in [2.05, 4.69) is 10.5 Å². The zero-order chi connectivity index (χ0) is 28.2. The molecule has 3 aromatic carbocycles. The number of halogens is 1. The van der Waals surface area contributed by atoms with Crippen molar-refractivity contribution in [1.29, 1.82) is 0 Å². The number of benzene rings is 3. The van der Waals surface area contributed by atoms with Gasteiger partial charge in [0, 0.05) is 9.90 Å². The van der Waals surface area contributed by atoms with Crippen LogP contribution in [0.25, 0.3) is 15.9 Å². The van der Waals surface area contributed by atoms with Crippen molar-refractivity contribution in [2.45, 2.75) is 31.0 Å². The third kappa shape index (κ3) is 6.22. The number of thiophene rings is 1. The fourth-order valence-electron chi connectivity index (χ4n) is 4.67. The first-order chi connectivity index (χ1) is 20.0. The maximum absolute atomic E-state index is 13.7. The number of nitrogens with one attached hydrogen (secondary N) is 1. The summed E-state index contributed by atoms with van der Waals surface area (Å²) >= 11 is 8.87. The molecular formula is C31H25ClN4O3S2. The molecule has 10 heteroatoms. The largest absolute Gasteiger partial charge is 0.489 e. The lowest BCUT2D eigenvalue weighted by Crippen LogP contribution is -2.24. The van der Waals surface area contributed by atoms with Crippen LogP contribution in [0, 0.1) is 0 Å². The number of hydrogen-bond acceptors (Lipinski definition) is 7. The van der Waals surface area contributed by atoms with Crippen LogP contribution in [0.4, 0.5) is 0 Å². The topological polar surface area (TPSA) is 85.6 Å². The summed E-state index contributed by atoms with van der Waals surface area (Å²) in [5.41, 5.74) is 6.13. The van der Waals surface area contributed by atoms with E-state index >= 15 is 0 Å². The highest BCUT2D eigenvalue weighted by Crippen LogP contribution is 2.36. The van der Waals surface area contributed by atoms with Crippen molar-refractivity contribution in [1.82, 2.24) is 15.0 Å². The van der Waals surface area contributed by atoms with Crippen molar-refractivity contribution in [3.8, 4) is 11.4 Å². The van der Waals surface area contributed by atoms with Crippen molar-refractivity contribution < 1.29 is 9.53 Å². The third-order valence-corrected chi connectivity index (χ3v) is 9.03. The van der Waals surface area contributed by atoms with Gasteiger partial charge in [0.2, 0.25) is 0 Å². The number of hydrogen-bond donors (Lipinski definition) is 1. The number of aromatic nitrogens is 2. The van der Waals surface area contributed by atoms with E-state index < -0.39 is 0 Å². The van der Waals surface area contributed by atoms with Crippen LogP contribution >= 0.6 is 34.7 Å². The molecule has 0 unspecified atom stereocenters. The number of hydrazone groups is 1. The van der Waals surface area contributed by atoms with Gasteiger partial charge in [-0.25, -0.2) is 10.4 Å². The van der Waals surface area contributed by atoms with Crippen LogP contribution in [0.5, 0.6) is 5.75 Å². The van der Waals surface area contributed by atoms with E-state index in [1.165, 1.54) is 16.6 Å². The molecule has 6 rings (SSSR count). The van der Waals surface area contributed by atoms with Crippen LogP contribution in [-0.4, -0.2) is 27.4 Å². The quantitative estimate of drug-likeness (QED) is 0.0914. The molecule has 2 aromatic heterocycles. The van der Waals surface area contributed by atoms with E-state index in [-0.39, 0.29) is 17.2 Å². The molecule has 0 aliphatic heterocycles. The van der Waals surface area contributed by atoms with E-state index in [0.717, 1.165) is 46.5 Å². The molecule has 41 heavy (non-hydrogen) atoms. The monoisotopic (exact) mass is 600 g/mol. The molecule has 1 amide bonds. The zero-order valence-electron chi connectivity index (χ0n) is 21.9. The molecule has 1 aliphatic carbocycles. The van der Waals surface area contributed by atoms with Gasteiger partial charge in [0.05, 0.1) is 23.0 Å². The standard InChI is InChI=1S/C31H25ClN4O3S2/c32-22-11-13-23(14-12-22)36-30(38)28-25-7-4-8-26(25)41-29(28)34-31(36)40-19-27(37)35-33-17-20-9-15-24(16-10-20)39-18-21-5-2-1-3-6-21/h1-3,5-6,9-17H,4,7-8,18-19H2,(H,35,37). The Bertz CT molecular complexity index is 1780. The van der Waals surface area contributed by atoms with Gasteiger partial charge in [-0.15, -0.1) is 11.3 Å². The van der Waals surface area contributed by atoms with Gasteiger partial charge in [-0.2, -0.15) is 5.10 Å². The number of rotatable bonds is 9. The molecule has 0 saturated heterocycles. The van der Waals surface area contributed by atoms with Crippen LogP contribution in [-0.2, 0) is 24.2 Å². The maximum Gasteiger partial charge on any atom is 0.267 e. The molecule has 0 radical (unpaired) electrons. The minimum atomic E-state index is -0.306. The molecule has 0 atom stereocenters. The number of ether oxygens (including phenoxy) is 1. The Morgan fingerprint density at radius 1 is 1.07 bits per heavy atom. The number of carbonyl (C=O) groups excluding carboxylic acids is 1. The van der Waals surface area contributed by atoms with Crippen molar-refractivity contribution in [3.63, 3.8) is 0 Å². The highest BCUT2D eigenvalue weighted by atomic mass is 35.5. The van der Waals surface area contributed by atoms with Crippen molar-refractivity contribution in [3.05, 3.63) is 116 Å². The molecule has 206 valence electrons. The lowest BCUT2D eigenvalue weighted by Gasteiger charge is -2.12. The molecule has 0 saturated carbocycles. The van der Waals surface area contributed by atoms with Crippen molar-refractivity contribution in [2.75, 3.05) is 5.75 Å². The summed E-state index contributed by atoms with van der Waals surface area (Å²) in [5, 5.41) is 5.81. The van der Waals surface area contributed by atoms with E-state index in [1.54, 1.807) is 46.4 Å². The van der Waals surface area contributed by atoms with Crippen LogP contribution in [0.3, 0.4) is 0 Å². The van der Waals surface area contributed by atoms with Gasteiger partial charge < -0.3 is 4.74 Å². The second kappa shape index (κ2) is 12.3. The minimum absolute atomic E-state index is 0.0419. The smallest absolute Gasteiger partial charge is 0.267 e. The lowest BCUT2D eigenvalue weighted by atomic mass is 10.2. The average molecular weight is 601 g/mol. The molecule has 2 heterocycles. The first-order valence-electron chi connectivity index (χ1n) is 13.1. The summed E-state index contributed by atoms with van der Waals surface area (Å²) < 4.78 is 7.39. The summed E-state index contributed by atoms with van der Waals surface area (Å²) in [4.78, 5) is 33.1. The van der Waals surface area contributed by atoms with E-state index in [1.807, 2.05) is 54.6 Å². The molecule has 1 aliphatic rings.